The molecule has 0 heterocycles. The highest BCUT2D eigenvalue weighted by Gasteiger charge is 2.30. The molecule has 246 valence electrons. The lowest BCUT2D eigenvalue weighted by Crippen LogP contribution is -2.20. The van der Waals surface area contributed by atoms with Crippen LogP contribution in [0.4, 0.5) is 0 Å². The number of hydrogen-bond donors (Lipinski definition) is 2. The molecule has 0 radical (unpaired) electrons. The molecular formula is C40H74OS. The lowest BCUT2D eigenvalue weighted by atomic mass is 9.85. The molecule has 0 unspecified atom stereocenters. The van der Waals surface area contributed by atoms with Crippen molar-refractivity contribution in [3.63, 3.8) is 0 Å². The molecule has 0 saturated heterocycles. The molecule has 42 heavy (non-hydrogen) atoms. The summed E-state index contributed by atoms with van der Waals surface area (Å²) in [7, 11) is 0. The summed E-state index contributed by atoms with van der Waals surface area (Å²) in [6, 6.07) is 6.45. The van der Waals surface area contributed by atoms with Gasteiger partial charge in [-0.2, -0.15) is 12.6 Å². The average Bonchev–Trinajstić information content (AvgIpc) is 2.99. The first-order chi connectivity index (χ1) is 20.6. The van der Waals surface area contributed by atoms with E-state index in [0.29, 0.717) is 5.75 Å². The van der Waals surface area contributed by atoms with Crippen molar-refractivity contribution in [1.29, 1.82) is 0 Å². The van der Waals surface area contributed by atoms with Crippen LogP contribution in [-0.4, -0.2) is 5.11 Å². The molecule has 0 amide bonds. The standard InChI is InChI=1S/C40H74OS/c1-4-7-10-13-16-18-20-23-26-29-34-40(42,35-30-27-24-21-19-17-14-11-8-5-2)38-36-37(32-33-39(38)41)31-28-25-22-15-12-9-6-3/h32-33,36,41-42H,4-31,34-35H2,1-3H3. The van der Waals surface area contributed by atoms with Crippen LogP contribution >= 0.6 is 12.6 Å². The Kier molecular flexibility index (Phi) is 26.2. The van der Waals surface area contributed by atoms with E-state index in [1.807, 2.05) is 6.07 Å². The van der Waals surface area contributed by atoms with E-state index in [9.17, 15) is 5.11 Å². The van der Waals surface area contributed by atoms with Gasteiger partial charge in [-0.15, -0.1) is 0 Å². The highest BCUT2D eigenvalue weighted by atomic mass is 32.1. The Morgan fingerprint density at radius 1 is 0.476 bits per heavy atom. The molecule has 0 saturated carbocycles. The Morgan fingerprint density at radius 3 is 1.19 bits per heavy atom. The van der Waals surface area contributed by atoms with E-state index in [4.69, 9.17) is 12.6 Å². The van der Waals surface area contributed by atoms with Crippen LogP contribution in [0.5, 0.6) is 5.75 Å². The van der Waals surface area contributed by atoms with Gasteiger partial charge in [-0.3, -0.25) is 0 Å². The molecule has 0 aromatic heterocycles. The van der Waals surface area contributed by atoms with Gasteiger partial charge in [0.1, 0.15) is 5.75 Å². The van der Waals surface area contributed by atoms with E-state index >= 15 is 0 Å². The number of phenolic OH excluding ortho intramolecular Hbond substituents is 1. The lowest BCUT2D eigenvalue weighted by molar-refractivity contribution is 0.418. The summed E-state index contributed by atoms with van der Waals surface area (Å²) in [5.41, 5.74) is 2.50. The van der Waals surface area contributed by atoms with Crippen molar-refractivity contribution in [2.24, 2.45) is 0 Å². The lowest BCUT2D eigenvalue weighted by Gasteiger charge is -2.31. The largest absolute Gasteiger partial charge is 0.508 e. The van der Waals surface area contributed by atoms with Crippen LogP contribution in [0.1, 0.15) is 218 Å². The maximum Gasteiger partial charge on any atom is 0.120 e. The second kappa shape index (κ2) is 27.9. The van der Waals surface area contributed by atoms with E-state index < -0.39 is 0 Å². The van der Waals surface area contributed by atoms with Gasteiger partial charge < -0.3 is 5.11 Å². The quantitative estimate of drug-likeness (QED) is 0.0640. The minimum Gasteiger partial charge on any atom is -0.508 e. The van der Waals surface area contributed by atoms with Gasteiger partial charge in [0.25, 0.3) is 0 Å². The molecule has 0 atom stereocenters. The average molecular weight is 603 g/mol. The molecular weight excluding hydrogens is 529 g/mol. The van der Waals surface area contributed by atoms with Crippen LogP contribution in [0.15, 0.2) is 18.2 Å². The van der Waals surface area contributed by atoms with Crippen molar-refractivity contribution < 1.29 is 5.11 Å². The Labute approximate surface area is 270 Å². The fraction of sp³-hybridized carbons (Fsp3) is 0.850. The van der Waals surface area contributed by atoms with E-state index in [-0.39, 0.29) is 4.75 Å². The molecule has 1 aromatic carbocycles. The molecule has 0 aliphatic rings. The third-order valence-electron chi connectivity index (χ3n) is 9.52. The number of hydrogen-bond acceptors (Lipinski definition) is 2. The second-order valence-corrected chi connectivity index (χ2v) is 14.5. The number of thiol groups is 1. The van der Waals surface area contributed by atoms with Crippen LogP contribution in [-0.2, 0) is 11.2 Å². The van der Waals surface area contributed by atoms with Crippen molar-refractivity contribution in [2.75, 3.05) is 0 Å². The fourth-order valence-corrected chi connectivity index (χ4v) is 7.10. The molecule has 0 aliphatic carbocycles. The van der Waals surface area contributed by atoms with E-state index in [1.165, 1.54) is 179 Å². The van der Waals surface area contributed by atoms with Gasteiger partial charge in [-0.05, 0) is 37.3 Å². The number of benzene rings is 1. The highest BCUT2D eigenvalue weighted by molar-refractivity contribution is 7.81. The summed E-state index contributed by atoms with van der Waals surface area (Å²) in [6.07, 6.45) is 39.9. The number of rotatable bonds is 31. The fourth-order valence-electron chi connectivity index (χ4n) is 6.60. The van der Waals surface area contributed by atoms with Crippen molar-refractivity contribution in [3.8, 4) is 5.75 Å². The normalized spacial score (nSPS) is 11.9. The molecule has 0 fully saturated rings. The predicted molar refractivity (Wildman–Crippen MR) is 193 cm³/mol. The molecule has 0 bridgehead atoms. The highest BCUT2D eigenvalue weighted by Crippen LogP contribution is 2.44. The summed E-state index contributed by atoms with van der Waals surface area (Å²) in [5, 5.41) is 11.0. The summed E-state index contributed by atoms with van der Waals surface area (Å²) in [6.45, 7) is 6.88. The monoisotopic (exact) mass is 603 g/mol. The van der Waals surface area contributed by atoms with Gasteiger partial charge in [-0.1, -0.05) is 200 Å². The first-order valence-corrected chi connectivity index (χ1v) is 19.6. The summed E-state index contributed by atoms with van der Waals surface area (Å²) < 4.78 is -0.208. The zero-order valence-electron chi connectivity index (χ0n) is 28.8. The minimum atomic E-state index is -0.208. The van der Waals surface area contributed by atoms with Gasteiger partial charge in [0.15, 0.2) is 0 Å². The zero-order valence-corrected chi connectivity index (χ0v) is 29.7. The SMILES string of the molecule is CCCCCCCCCCCCC(S)(CCCCCCCCCCCC)c1cc(CCCCCCCCC)ccc1O. The summed E-state index contributed by atoms with van der Waals surface area (Å²) in [5.74, 6) is 0.465. The zero-order chi connectivity index (χ0) is 30.6. The smallest absolute Gasteiger partial charge is 0.120 e. The topological polar surface area (TPSA) is 20.2 Å². The van der Waals surface area contributed by atoms with E-state index in [2.05, 4.69) is 32.9 Å². The van der Waals surface area contributed by atoms with Crippen LogP contribution in [0.3, 0.4) is 0 Å². The number of aryl methyl sites for hydroxylation is 1. The van der Waals surface area contributed by atoms with Crippen LogP contribution in [0.2, 0.25) is 0 Å². The van der Waals surface area contributed by atoms with Gasteiger partial charge in [0.05, 0.1) is 0 Å². The van der Waals surface area contributed by atoms with Crippen LogP contribution in [0, 0.1) is 0 Å². The summed E-state index contributed by atoms with van der Waals surface area (Å²) >= 11 is 5.40. The van der Waals surface area contributed by atoms with Gasteiger partial charge in [-0.25, -0.2) is 0 Å². The maximum absolute atomic E-state index is 11.0. The maximum atomic E-state index is 11.0. The summed E-state index contributed by atoms with van der Waals surface area (Å²) in [4.78, 5) is 0. The second-order valence-electron chi connectivity index (χ2n) is 13.6. The molecule has 2 heteroatoms. The molecule has 1 rings (SSSR count). The number of unbranched alkanes of at least 4 members (excludes halogenated alkanes) is 24. The van der Waals surface area contributed by atoms with Crippen molar-refractivity contribution >= 4 is 12.6 Å². The van der Waals surface area contributed by atoms with Crippen LogP contribution < -0.4 is 0 Å². The van der Waals surface area contributed by atoms with Crippen molar-refractivity contribution in [1.82, 2.24) is 0 Å². The van der Waals surface area contributed by atoms with Gasteiger partial charge >= 0.3 is 0 Å². The van der Waals surface area contributed by atoms with Gasteiger partial charge in [0.2, 0.25) is 0 Å². The van der Waals surface area contributed by atoms with Crippen molar-refractivity contribution in [2.45, 2.75) is 218 Å². The molecule has 1 N–H and O–H groups in total. The number of aromatic hydroxyl groups is 1. The molecule has 1 aromatic rings. The Hall–Kier alpha value is -0.630. The van der Waals surface area contributed by atoms with E-state index in [0.717, 1.165) is 24.8 Å². The third kappa shape index (κ3) is 20.3. The molecule has 0 spiro atoms. The first kappa shape index (κ1) is 39.4. The third-order valence-corrected chi connectivity index (χ3v) is 10.2. The Balaban J connectivity index is 2.59. The molecule has 0 aliphatic heterocycles. The first-order valence-electron chi connectivity index (χ1n) is 19.1. The van der Waals surface area contributed by atoms with Crippen LogP contribution in [0.25, 0.3) is 0 Å². The number of phenols is 1. The van der Waals surface area contributed by atoms with Gasteiger partial charge in [0, 0.05) is 10.3 Å². The Bertz CT molecular complexity index is 690. The van der Waals surface area contributed by atoms with E-state index in [1.54, 1.807) is 0 Å². The van der Waals surface area contributed by atoms with Crippen molar-refractivity contribution in [3.05, 3.63) is 29.3 Å². The Morgan fingerprint density at radius 2 is 0.810 bits per heavy atom. The molecule has 1 nitrogen and oxygen atoms in total. The predicted octanol–water partition coefficient (Wildman–Crippen LogP) is 14.4. The minimum absolute atomic E-state index is 0.208.